The summed E-state index contributed by atoms with van der Waals surface area (Å²) >= 11 is 0. The number of hydrogen-bond acceptors (Lipinski definition) is 6. The van der Waals surface area contributed by atoms with Crippen LogP contribution in [0.5, 0.6) is 17.2 Å². The number of ether oxygens (including phenoxy) is 3. The van der Waals surface area contributed by atoms with E-state index < -0.39 is 22.8 Å². The van der Waals surface area contributed by atoms with Crippen LogP contribution in [0.1, 0.15) is 47.5 Å². The van der Waals surface area contributed by atoms with Crippen LogP contribution in [0.2, 0.25) is 0 Å². The number of aromatic nitrogens is 3. The number of alkyl halides is 3. The molecule has 1 aromatic heterocycles. The molecule has 6 aromatic carbocycles. The van der Waals surface area contributed by atoms with Gasteiger partial charge in [0.1, 0.15) is 5.75 Å². The van der Waals surface area contributed by atoms with Gasteiger partial charge in [-0.05, 0) is 58.0 Å². The highest BCUT2D eigenvalue weighted by atomic mass is 19.4. The van der Waals surface area contributed by atoms with Gasteiger partial charge in [0, 0.05) is 33.1 Å². The molecule has 272 valence electrons. The van der Waals surface area contributed by atoms with Gasteiger partial charge >= 0.3 is 6.18 Å². The van der Waals surface area contributed by atoms with Gasteiger partial charge in [-0.25, -0.2) is 15.0 Å². The van der Waals surface area contributed by atoms with Crippen LogP contribution in [0.3, 0.4) is 0 Å². The van der Waals surface area contributed by atoms with Crippen LogP contribution < -0.4 is 14.2 Å². The highest BCUT2D eigenvalue weighted by Crippen LogP contribution is 2.59. The molecule has 0 N–H and O–H groups in total. The summed E-state index contributed by atoms with van der Waals surface area (Å²) in [5.74, 6) is 2.55. The number of methoxy groups -OCH3 is 2. The minimum atomic E-state index is -4.54. The second kappa shape index (κ2) is 12.6. The summed E-state index contributed by atoms with van der Waals surface area (Å²) in [5, 5.41) is 1.62. The van der Waals surface area contributed by atoms with E-state index in [1.165, 1.54) is 17.7 Å². The van der Waals surface area contributed by atoms with Crippen LogP contribution >= 0.6 is 0 Å². The van der Waals surface area contributed by atoms with Gasteiger partial charge in [0.05, 0.1) is 19.8 Å². The van der Waals surface area contributed by atoms with Crippen molar-refractivity contribution in [3.05, 3.63) is 161 Å². The first kappa shape index (κ1) is 34.3. The lowest BCUT2D eigenvalue weighted by Crippen LogP contribution is -2.37. The first-order chi connectivity index (χ1) is 26.5. The van der Waals surface area contributed by atoms with Gasteiger partial charge in [0.2, 0.25) is 5.60 Å². The van der Waals surface area contributed by atoms with Crippen molar-refractivity contribution < 1.29 is 27.4 Å². The van der Waals surface area contributed by atoms with E-state index in [0.717, 1.165) is 56.3 Å². The fourth-order valence-corrected chi connectivity index (χ4v) is 8.06. The second-order valence-corrected chi connectivity index (χ2v) is 14.2. The zero-order valence-electron chi connectivity index (χ0n) is 30.4. The maximum atomic E-state index is 14.0. The molecule has 0 fully saturated rings. The molecule has 9 heteroatoms. The molecule has 7 aromatic rings. The van der Waals surface area contributed by atoms with Crippen molar-refractivity contribution in [3.8, 4) is 51.2 Å². The average Bonchev–Trinajstić information content (AvgIpc) is 3.46. The van der Waals surface area contributed by atoms with E-state index >= 15 is 0 Å². The van der Waals surface area contributed by atoms with Crippen LogP contribution in [0.25, 0.3) is 50.8 Å². The highest BCUT2D eigenvalue weighted by molar-refractivity contribution is 6.09. The Morgan fingerprint density at radius 1 is 0.655 bits per heavy atom. The van der Waals surface area contributed by atoms with Crippen molar-refractivity contribution in [1.82, 2.24) is 15.0 Å². The number of fused-ring (bicyclic) bond motifs is 8. The van der Waals surface area contributed by atoms with Gasteiger partial charge in [-0.2, -0.15) is 13.2 Å². The van der Waals surface area contributed by atoms with E-state index in [2.05, 4.69) is 26.0 Å². The third-order valence-electron chi connectivity index (χ3n) is 10.7. The Hall–Kier alpha value is -6.48. The van der Waals surface area contributed by atoms with Crippen molar-refractivity contribution in [2.24, 2.45) is 0 Å². The number of hydrogen-bond donors (Lipinski definition) is 0. The van der Waals surface area contributed by atoms with Gasteiger partial charge in [-0.15, -0.1) is 0 Å². The summed E-state index contributed by atoms with van der Waals surface area (Å²) in [6.07, 6.45) is -0.668. The van der Waals surface area contributed by atoms with E-state index in [4.69, 9.17) is 29.2 Å². The molecule has 0 spiro atoms. The van der Waals surface area contributed by atoms with Crippen molar-refractivity contribution in [1.29, 1.82) is 0 Å². The third-order valence-corrected chi connectivity index (χ3v) is 10.7. The quantitative estimate of drug-likeness (QED) is 0.170. The molecule has 0 saturated heterocycles. The fraction of sp³-hybridized carbons (Fsp3) is 0.152. The van der Waals surface area contributed by atoms with Gasteiger partial charge < -0.3 is 14.2 Å². The number of benzene rings is 6. The normalized spacial score (nSPS) is 16.6. The monoisotopic (exact) mass is 733 g/mol. The molecular weight excluding hydrogens is 700 g/mol. The topological polar surface area (TPSA) is 66.4 Å². The number of halogens is 3. The number of nitrogens with zero attached hydrogens (tertiary/aromatic N) is 3. The van der Waals surface area contributed by atoms with Crippen LogP contribution in [-0.2, 0) is 17.2 Å². The minimum absolute atomic E-state index is 0.207. The Morgan fingerprint density at radius 2 is 1.22 bits per heavy atom. The first-order valence-corrected chi connectivity index (χ1v) is 17.8. The molecule has 2 heterocycles. The van der Waals surface area contributed by atoms with E-state index in [-0.39, 0.29) is 5.82 Å². The highest BCUT2D eigenvalue weighted by Gasteiger charge is 2.46. The Bertz CT molecular complexity index is 2600. The Labute approximate surface area is 315 Å². The summed E-state index contributed by atoms with van der Waals surface area (Å²) in [5.41, 5.74) is 4.31. The summed E-state index contributed by atoms with van der Waals surface area (Å²) < 4.78 is 61.0. The maximum absolute atomic E-state index is 14.0. The van der Waals surface area contributed by atoms with Crippen LogP contribution in [0, 0.1) is 0 Å². The van der Waals surface area contributed by atoms with E-state index in [1.807, 2.05) is 97.1 Å². The van der Waals surface area contributed by atoms with E-state index in [9.17, 15) is 13.2 Å². The van der Waals surface area contributed by atoms with E-state index in [1.54, 1.807) is 14.2 Å². The lowest BCUT2D eigenvalue weighted by molar-refractivity contribution is -0.137. The molecule has 0 bridgehead atoms. The average molecular weight is 734 g/mol. The van der Waals surface area contributed by atoms with Crippen molar-refractivity contribution in [3.63, 3.8) is 0 Å². The smallest absolute Gasteiger partial charge is 0.416 e. The fourth-order valence-electron chi connectivity index (χ4n) is 8.06. The Morgan fingerprint density at radius 3 is 1.80 bits per heavy atom. The molecule has 6 nitrogen and oxygen atoms in total. The second-order valence-electron chi connectivity index (χ2n) is 14.2. The van der Waals surface area contributed by atoms with Gasteiger partial charge in [0.15, 0.2) is 29.0 Å². The predicted molar refractivity (Wildman–Crippen MR) is 207 cm³/mol. The van der Waals surface area contributed by atoms with Crippen molar-refractivity contribution in [2.75, 3.05) is 14.2 Å². The Kier molecular flexibility index (Phi) is 7.83. The molecule has 9 rings (SSSR count). The zero-order chi connectivity index (χ0) is 38.1. The molecule has 0 saturated carbocycles. The van der Waals surface area contributed by atoms with Gasteiger partial charge in [0.25, 0.3) is 0 Å². The first-order valence-electron chi connectivity index (χ1n) is 17.8. The molecule has 0 radical (unpaired) electrons. The SMILES string of the molecule is COc1cc2c3c(c4c(c2cc1OC)-c1ccccc1C4(C)C)C=CC(c1ccc(C(F)(F)F)cc1)(c1nc(-c2ccccc2)nc(-c2ccccc2)n1)O3. The summed E-state index contributed by atoms with van der Waals surface area (Å²) in [6.45, 7) is 4.39. The molecule has 0 amide bonds. The third kappa shape index (κ3) is 5.36. The van der Waals surface area contributed by atoms with Crippen LogP contribution in [-0.4, -0.2) is 29.2 Å². The van der Waals surface area contributed by atoms with Crippen LogP contribution in [0.4, 0.5) is 13.2 Å². The van der Waals surface area contributed by atoms with Crippen molar-refractivity contribution in [2.45, 2.75) is 31.0 Å². The predicted octanol–water partition coefficient (Wildman–Crippen LogP) is 11.1. The molecule has 1 aliphatic heterocycles. The maximum Gasteiger partial charge on any atom is 0.416 e. The Balaban J connectivity index is 1.38. The molecule has 1 unspecified atom stereocenters. The largest absolute Gasteiger partial charge is 0.493 e. The molecule has 2 aliphatic rings. The van der Waals surface area contributed by atoms with Gasteiger partial charge in [-0.1, -0.05) is 117 Å². The minimum Gasteiger partial charge on any atom is -0.493 e. The molecule has 1 atom stereocenters. The van der Waals surface area contributed by atoms with E-state index in [0.29, 0.717) is 34.5 Å². The molecule has 55 heavy (non-hydrogen) atoms. The molecular formula is C46H34F3N3O3. The number of rotatable bonds is 6. The zero-order valence-corrected chi connectivity index (χ0v) is 30.4. The summed E-state index contributed by atoms with van der Waals surface area (Å²) in [6, 6.07) is 36.2. The van der Waals surface area contributed by atoms with Crippen molar-refractivity contribution >= 4 is 16.8 Å². The lowest BCUT2D eigenvalue weighted by Gasteiger charge is -2.37. The summed E-state index contributed by atoms with van der Waals surface area (Å²) in [7, 11) is 3.18. The lowest BCUT2D eigenvalue weighted by atomic mass is 9.77. The summed E-state index contributed by atoms with van der Waals surface area (Å²) in [4.78, 5) is 15.0. The van der Waals surface area contributed by atoms with Gasteiger partial charge in [-0.3, -0.25) is 0 Å². The standard InChI is InChI=1S/C46H34F3N3O3/c1-44(2)35-18-12-11-17-31(35)38-33-25-36(53-3)37(54-4)26-34(33)40-32(39(38)44)23-24-45(55-40,29-19-21-30(22-20-29)46(47,48)49)43-51-41(27-13-7-5-8-14-27)50-42(52-43)28-15-9-6-10-16-28/h5-26H,1-4H3. The van der Waals surface area contributed by atoms with Crippen LogP contribution in [0.15, 0.2) is 127 Å². The molecule has 1 aliphatic carbocycles.